The minimum atomic E-state index is -0.622. The predicted octanol–water partition coefficient (Wildman–Crippen LogP) is 3.50. The molecule has 0 N–H and O–H groups in total. The molecule has 3 rings (SSSR count). The zero-order valence-corrected chi connectivity index (χ0v) is 19.6. The lowest BCUT2D eigenvalue weighted by Crippen LogP contribution is -2.48. The van der Waals surface area contributed by atoms with Gasteiger partial charge in [-0.3, -0.25) is 4.79 Å². The lowest BCUT2D eigenvalue weighted by atomic mass is 10.0. The van der Waals surface area contributed by atoms with Gasteiger partial charge in [0.2, 0.25) is 0 Å². The summed E-state index contributed by atoms with van der Waals surface area (Å²) < 4.78 is 26.7. The number of carbonyl (C=O) groups excluding carboxylic acids is 2. The normalized spacial score (nSPS) is 15.5. The summed E-state index contributed by atoms with van der Waals surface area (Å²) in [5.41, 5.74) is 1.35. The number of hydrogen-bond donors (Lipinski definition) is 0. The average Bonchev–Trinajstić information content (AvgIpc) is 2.87. The van der Waals surface area contributed by atoms with Crippen molar-refractivity contribution in [1.29, 1.82) is 0 Å². The van der Waals surface area contributed by atoms with Gasteiger partial charge in [-0.25, -0.2) is 4.79 Å². The van der Waals surface area contributed by atoms with Gasteiger partial charge >= 0.3 is 5.97 Å². The van der Waals surface area contributed by atoms with Gasteiger partial charge < -0.3 is 28.6 Å². The van der Waals surface area contributed by atoms with Crippen LogP contribution in [0.25, 0.3) is 0 Å². The molecule has 1 atom stereocenters. The standard InChI is InChI=1S/C25H31NO7/c1-29-18-9-10-19(22(16-18)31-3)24(27)26-13-6-5-7-20(26)25(28)33-14-12-17-8-11-21(30-2)23(15-17)32-4/h8-11,15-16,20H,5-7,12-14H2,1-4H3. The second kappa shape index (κ2) is 11.4. The number of amides is 1. The Bertz CT molecular complexity index is 975. The number of benzene rings is 2. The molecule has 33 heavy (non-hydrogen) atoms. The summed E-state index contributed by atoms with van der Waals surface area (Å²) in [5.74, 6) is 1.62. The molecule has 2 aromatic carbocycles. The highest BCUT2D eigenvalue weighted by Crippen LogP contribution is 2.29. The molecular weight excluding hydrogens is 426 g/mol. The summed E-state index contributed by atoms with van der Waals surface area (Å²) in [7, 11) is 6.21. The van der Waals surface area contributed by atoms with Crippen LogP contribution >= 0.6 is 0 Å². The highest BCUT2D eigenvalue weighted by Gasteiger charge is 2.34. The fourth-order valence-corrected chi connectivity index (χ4v) is 3.95. The van der Waals surface area contributed by atoms with Crippen molar-refractivity contribution in [2.24, 2.45) is 0 Å². The molecule has 2 aromatic rings. The monoisotopic (exact) mass is 457 g/mol. The van der Waals surface area contributed by atoms with Gasteiger partial charge in [0.1, 0.15) is 17.5 Å². The summed E-state index contributed by atoms with van der Waals surface area (Å²) >= 11 is 0. The van der Waals surface area contributed by atoms with E-state index in [1.54, 1.807) is 44.4 Å². The lowest BCUT2D eigenvalue weighted by molar-refractivity contribution is -0.150. The molecule has 1 aliphatic heterocycles. The molecule has 1 aliphatic rings. The Labute approximate surface area is 194 Å². The van der Waals surface area contributed by atoms with Gasteiger partial charge in [0.25, 0.3) is 5.91 Å². The Kier molecular flexibility index (Phi) is 8.40. The van der Waals surface area contributed by atoms with Crippen LogP contribution in [0.4, 0.5) is 0 Å². The highest BCUT2D eigenvalue weighted by atomic mass is 16.5. The molecule has 0 radical (unpaired) electrons. The minimum Gasteiger partial charge on any atom is -0.497 e. The summed E-state index contributed by atoms with van der Waals surface area (Å²) in [6.07, 6.45) is 2.79. The highest BCUT2D eigenvalue weighted by molar-refractivity contribution is 5.99. The molecule has 0 saturated carbocycles. The van der Waals surface area contributed by atoms with Crippen molar-refractivity contribution >= 4 is 11.9 Å². The van der Waals surface area contributed by atoms with Gasteiger partial charge in [-0.2, -0.15) is 0 Å². The second-order valence-electron chi connectivity index (χ2n) is 7.68. The van der Waals surface area contributed by atoms with E-state index in [1.165, 1.54) is 7.11 Å². The fourth-order valence-electron chi connectivity index (χ4n) is 3.95. The van der Waals surface area contributed by atoms with E-state index in [9.17, 15) is 9.59 Å². The third kappa shape index (κ3) is 5.69. The van der Waals surface area contributed by atoms with E-state index in [0.29, 0.717) is 47.9 Å². The Balaban J connectivity index is 1.66. The first kappa shape index (κ1) is 24.2. The lowest BCUT2D eigenvalue weighted by Gasteiger charge is -2.34. The van der Waals surface area contributed by atoms with Crippen LogP contribution in [-0.4, -0.2) is 64.4 Å². The van der Waals surface area contributed by atoms with Crippen LogP contribution in [0.1, 0.15) is 35.2 Å². The van der Waals surface area contributed by atoms with Crippen LogP contribution in [0.2, 0.25) is 0 Å². The maximum absolute atomic E-state index is 13.3. The van der Waals surface area contributed by atoms with E-state index >= 15 is 0 Å². The number of methoxy groups -OCH3 is 4. The molecule has 1 saturated heterocycles. The molecule has 1 heterocycles. The smallest absolute Gasteiger partial charge is 0.328 e. The van der Waals surface area contributed by atoms with Gasteiger partial charge in [0.05, 0.1) is 40.6 Å². The topological polar surface area (TPSA) is 83.5 Å². The molecule has 0 aromatic heterocycles. The van der Waals surface area contributed by atoms with Crippen LogP contribution in [0.3, 0.4) is 0 Å². The number of esters is 1. The van der Waals surface area contributed by atoms with E-state index in [4.69, 9.17) is 23.7 Å². The number of ether oxygens (including phenoxy) is 5. The third-order valence-corrected chi connectivity index (χ3v) is 5.76. The quantitative estimate of drug-likeness (QED) is 0.533. The van der Waals surface area contributed by atoms with Crippen LogP contribution in [-0.2, 0) is 16.0 Å². The molecule has 0 spiro atoms. The Hall–Kier alpha value is -3.42. The molecule has 0 aliphatic carbocycles. The van der Waals surface area contributed by atoms with Crippen molar-refractivity contribution < 1.29 is 33.3 Å². The van der Waals surface area contributed by atoms with E-state index in [0.717, 1.165) is 18.4 Å². The zero-order valence-electron chi connectivity index (χ0n) is 19.6. The van der Waals surface area contributed by atoms with Crippen LogP contribution in [0.15, 0.2) is 36.4 Å². The fraction of sp³-hybridized carbons (Fsp3) is 0.440. The summed E-state index contributed by atoms with van der Waals surface area (Å²) in [6.45, 7) is 0.697. The van der Waals surface area contributed by atoms with Gasteiger partial charge in [-0.05, 0) is 49.1 Å². The van der Waals surface area contributed by atoms with Gasteiger partial charge in [0, 0.05) is 19.0 Å². The Morgan fingerprint density at radius 1 is 0.879 bits per heavy atom. The first-order chi connectivity index (χ1) is 16.0. The first-order valence-electron chi connectivity index (χ1n) is 10.9. The van der Waals surface area contributed by atoms with Crippen molar-refractivity contribution in [3.63, 3.8) is 0 Å². The van der Waals surface area contributed by atoms with Crippen LogP contribution < -0.4 is 18.9 Å². The number of nitrogens with zero attached hydrogens (tertiary/aromatic N) is 1. The third-order valence-electron chi connectivity index (χ3n) is 5.76. The Morgan fingerprint density at radius 3 is 2.33 bits per heavy atom. The number of likely N-dealkylation sites (tertiary alicyclic amines) is 1. The molecule has 8 nitrogen and oxygen atoms in total. The summed E-state index contributed by atoms with van der Waals surface area (Å²) in [4.78, 5) is 27.8. The average molecular weight is 458 g/mol. The zero-order chi connectivity index (χ0) is 23.8. The van der Waals surface area contributed by atoms with Crippen molar-refractivity contribution in [3.05, 3.63) is 47.5 Å². The van der Waals surface area contributed by atoms with Crippen molar-refractivity contribution in [2.75, 3.05) is 41.6 Å². The summed E-state index contributed by atoms with van der Waals surface area (Å²) in [6, 6.07) is 9.99. The molecule has 8 heteroatoms. The molecular formula is C25H31NO7. The van der Waals surface area contributed by atoms with Gasteiger partial charge in [-0.15, -0.1) is 0 Å². The SMILES string of the molecule is COc1ccc(C(=O)N2CCCCC2C(=O)OCCc2ccc(OC)c(OC)c2)c(OC)c1. The molecule has 178 valence electrons. The first-order valence-corrected chi connectivity index (χ1v) is 10.9. The summed E-state index contributed by atoms with van der Waals surface area (Å²) in [5, 5.41) is 0. The number of carbonyl (C=O) groups is 2. The van der Waals surface area contributed by atoms with Crippen molar-refractivity contribution in [1.82, 2.24) is 4.90 Å². The van der Waals surface area contributed by atoms with Crippen LogP contribution in [0.5, 0.6) is 23.0 Å². The van der Waals surface area contributed by atoms with E-state index in [2.05, 4.69) is 0 Å². The Morgan fingerprint density at radius 2 is 1.64 bits per heavy atom. The van der Waals surface area contributed by atoms with Crippen LogP contribution in [0, 0.1) is 0 Å². The maximum atomic E-state index is 13.3. The largest absolute Gasteiger partial charge is 0.497 e. The van der Waals surface area contributed by atoms with Gasteiger partial charge in [0.15, 0.2) is 11.5 Å². The van der Waals surface area contributed by atoms with E-state index in [-0.39, 0.29) is 12.5 Å². The molecule has 1 fully saturated rings. The van der Waals surface area contributed by atoms with Crippen molar-refractivity contribution in [3.8, 4) is 23.0 Å². The maximum Gasteiger partial charge on any atom is 0.328 e. The van der Waals surface area contributed by atoms with E-state index < -0.39 is 12.0 Å². The number of piperidine rings is 1. The van der Waals surface area contributed by atoms with Crippen molar-refractivity contribution in [2.45, 2.75) is 31.7 Å². The molecule has 1 unspecified atom stereocenters. The minimum absolute atomic E-state index is 0.207. The molecule has 0 bridgehead atoms. The number of hydrogen-bond acceptors (Lipinski definition) is 7. The van der Waals surface area contributed by atoms with E-state index in [1.807, 2.05) is 18.2 Å². The second-order valence-corrected chi connectivity index (χ2v) is 7.68. The molecule has 1 amide bonds. The predicted molar refractivity (Wildman–Crippen MR) is 122 cm³/mol. The van der Waals surface area contributed by atoms with Gasteiger partial charge in [-0.1, -0.05) is 6.07 Å². The number of rotatable bonds is 9.